The number of carbonyl (C=O) groups excluding carboxylic acids is 1. The van der Waals surface area contributed by atoms with Gasteiger partial charge in [0, 0.05) is 31.8 Å². The van der Waals surface area contributed by atoms with E-state index in [2.05, 4.69) is 21.8 Å². The highest BCUT2D eigenvalue weighted by atomic mass is 127. The van der Waals surface area contributed by atoms with Crippen LogP contribution in [-0.4, -0.2) is 48.0 Å². The van der Waals surface area contributed by atoms with Crippen molar-refractivity contribution in [1.82, 2.24) is 10.2 Å². The highest BCUT2D eigenvalue weighted by molar-refractivity contribution is 14.0. The number of ether oxygens (including phenoxy) is 1. The van der Waals surface area contributed by atoms with Crippen LogP contribution in [0.2, 0.25) is 0 Å². The smallest absolute Gasteiger partial charge is 0.309 e. The van der Waals surface area contributed by atoms with Gasteiger partial charge in [0.25, 0.3) is 5.69 Å². The summed E-state index contributed by atoms with van der Waals surface area (Å²) in [6.07, 6.45) is 3.21. The highest BCUT2D eigenvalue weighted by Crippen LogP contribution is 2.19. The van der Waals surface area contributed by atoms with E-state index < -0.39 is 4.92 Å². The van der Waals surface area contributed by atoms with Crippen LogP contribution < -0.4 is 5.32 Å². The fourth-order valence-electron chi connectivity index (χ4n) is 2.91. The average molecular weight is 502 g/mol. The molecule has 0 aliphatic carbocycles. The lowest BCUT2D eigenvalue weighted by molar-refractivity contribution is -0.384. The van der Waals surface area contributed by atoms with Crippen molar-refractivity contribution >= 4 is 41.6 Å². The molecule has 154 valence electrons. The van der Waals surface area contributed by atoms with Gasteiger partial charge in [0.05, 0.1) is 24.0 Å². The molecular formula is C19H27IN4O4. The zero-order chi connectivity index (χ0) is 19.6. The van der Waals surface area contributed by atoms with Gasteiger partial charge in [-0.3, -0.25) is 14.9 Å². The Labute approximate surface area is 182 Å². The summed E-state index contributed by atoms with van der Waals surface area (Å²) in [7, 11) is 0. The van der Waals surface area contributed by atoms with Gasteiger partial charge in [-0.15, -0.1) is 30.6 Å². The second-order valence-corrected chi connectivity index (χ2v) is 6.25. The first-order chi connectivity index (χ1) is 13.0. The number of non-ortho nitro benzene ring substituents is 1. The second-order valence-electron chi connectivity index (χ2n) is 6.25. The third-order valence-electron chi connectivity index (χ3n) is 4.38. The lowest BCUT2D eigenvalue weighted by Crippen LogP contribution is -2.46. The van der Waals surface area contributed by atoms with E-state index in [-0.39, 0.29) is 41.6 Å². The van der Waals surface area contributed by atoms with Crippen molar-refractivity contribution in [3.63, 3.8) is 0 Å². The maximum Gasteiger partial charge on any atom is 0.309 e. The lowest BCUT2D eigenvalue weighted by Gasteiger charge is -2.33. The van der Waals surface area contributed by atoms with Crippen LogP contribution in [-0.2, 0) is 16.1 Å². The van der Waals surface area contributed by atoms with Gasteiger partial charge in [0.15, 0.2) is 5.96 Å². The molecule has 1 aliphatic heterocycles. The molecule has 0 radical (unpaired) electrons. The Balaban J connectivity index is 0.00000392. The van der Waals surface area contributed by atoms with Gasteiger partial charge in [-0.25, -0.2) is 4.99 Å². The van der Waals surface area contributed by atoms with Crippen LogP contribution in [0.15, 0.2) is 41.9 Å². The maximum absolute atomic E-state index is 11.9. The fourth-order valence-corrected chi connectivity index (χ4v) is 2.91. The molecule has 28 heavy (non-hydrogen) atoms. The number of nitrogens with one attached hydrogen (secondary N) is 1. The largest absolute Gasteiger partial charge is 0.466 e. The quantitative estimate of drug-likeness (QED) is 0.117. The van der Waals surface area contributed by atoms with Crippen LogP contribution in [0.3, 0.4) is 0 Å². The van der Waals surface area contributed by atoms with Crippen molar-refractivity contribution in [3.05, 3.63) is 52.6 Å². The van der Waals surface area contributed by atoms with Crippen LogP contribution >= 0.6 is 24.0 Å². The molecule has 0 unspecified atom stereocenters. The minimum atomic E-state index is -0.419. The molecule has 0 amide bonds. The topological polar surface area (TPSA) is 97.1 Å². The summed E-state index contributed by atoms with van der Waals surface area (Å²) < 4.78 is 5.11. The van der Waals surface area contributed by atoms with Gasteiger partial charge in [-0.1, -0.05) is 18.2 Å². The van der Waals surface area contributed by atoms with Gasteiger partial charge in [-0.2, -0.15) is 0 Å². The molecule has 0 bridgehead atoms. The van der Waals surface area contributed by atoms with Crippen molar-refractivity contribution in [1.29, 1.82) is 0 Å². The number of esters is 1. The molecule has 0 spiro atoms. The van der Waals surface area contributed by atoms with E-state index in [1.807, 2.05) is 6.92 Å². The standard InChI is InChI=1S/C19H26N4O4.HI/c1-3-11-20-19(21-14-15-5-7-17(8-6-15)23(25)26)22-12-9-16(10-13-22)18(24)27-4-2;/h3,5-8,16H,1,4,9-14H2,2H3,(H,20,21);1H. The molecule has 0 saturated carbocycles. The Morgan fingerprint density at radius 1 is 1.39 bits per heavy atom. The molecule has 1 aromatic carbocycles. The lowest BCUT2D eigenvalue weighted by atomic mass is 9.97. The van der Waals surface area contributed by atoms with Crippen molar-refractivity contribution in [2.75, 3.05) is 26.2 Å². The van der Waals surface area contributed by atoms with E-state index in [1.54, 1.807) is 18.2 Å². The van der Waals surface area contributed by atoms with Crippen molar-refractivity contribution in [2.45, 2.75) is 26.3 Å². The highest BCUT2D eigenvalue weighted by Gasteiger charge is 2.27. The average Bonchev–Trinajstić information content (AvgIpc) is 2.69. The van der Waals surface area contributed by atoms with Crippen LogP contribution in [0.25, 0.3) is 0 Å². The number of carbonyl (C=O) groups is 1. The zero-order valence-electron chi connectivity index (χ0n) is 16.0. The summed E-state index contributed by atoms with van der Waals surface area (Å²) in [5, 5.41) is 14.0. The van der Waals surface area contributed by atoms with Crippen molar-refractivity contribution in [3.8, 4) is 0 Å². The van der Waals surface area contributed by atoms with E-state index in [4.69, 9.17) is 4.74 Å². The first kappa shape index (κ1) is 23.9. The minimum absolute atomic E-state index is 0. The SMILES string of the molecule is C=CCNC(=NCc1ccc([N+](=O)[O-])cc1)N1CCC(C(=O)OCC)CC1.I. The Morgan fingerprint density at radius 3 is 2.57 bits per heavy atom. The van der Waals surface area contributed by atoms with E-state index >= 15 is 0 Å². The molecule has 1 heterocycles. The van der Waals surface area contributed by atoms with Gasteiger partial charge in [-0.05, 0) is 25.3 Å². The maximum atomic E-state index is 11.9. The number of nitro groups is 1. The fraction of sp³-hybridized carbons (Fsp3) is 0.474. The molecule has 1 fully saturated rings. The Kier molecular flexibility index (Phi) is 10.5. The summed E-state index contributed by atoms with van der Waals surface area (Å²) in [6.45, 7) is 8.36. The molecule has 1 aromatic rings. The first-order valence-electron chi connectivity index (χ1n) is 9.09. The van der Waals surface area contributed by atoms with Crippen LogP contribution in [0.1, 0.15) is 25.3 Å². The van der Waals surface area contributed by atoms with E-state index in [9.17, 15) is 14.9 Å². The number of nitro benzene ring substituents is 1. The second kappa shape index (κ2) is 12.3. The number of rotatable bonds is 7. The number of hydrogen-bond donors (Lipinski definition) is 1. The Morgan fingerprint density at radius 2 is 2.04 bits per heavy atom. The van der Waals surface area contributed by atoms with Crippen molar-refractivity contribution < 1.29 is 14.5 Å². The molecule has 1 saturated heterocycles. The molecule has 2 rings (SSSR count). The van der Waals surface area contributed by atoms with E-state index in [1.165, 1.54) is 12.1 Å². The minimum Gasteiger partial charge on any atom is -0.466 e. The summed E-state index contributed by atoms with van der Waals surface area (Å²) >= 11 is 0. The molecule has 1 N–H and O–H groups in total. The molecule has 0 aromatic heterocycles. The molecule has 8 nitrogen and oxygen atoms in total. The summed E-state index contributed by atoms with van der Waals surface area (Å²) in [5.41, 5.74) is 0.952. The normalized spacial score (nSPS) is 14.8. The molecule has 1 aliphatic rings. The van der Waals surface area contributed by atoms with Gasteiger partial charge < -0.3 is 15.0 Å². The number of halogens is 1. The number of hydrogen-bond acceptors (Lipinski definition) is 5. The van der Waals surface area contributed by atoms with E-state index in [0.717, 1.165) is 24.4 Å². The zero-order valence-corrected chi connectivity index (χ0v) is 18.3. The molecular weight excluding hydrogens is 475 g/mol. The predicted molar refractivity (Wildman–Crippen MR) is 119 cm³/mol. The monoisotopic (exact) mass is 502 g/mol. The summed E-state index contributed by atoms with van der Waals surface area (Å²) in [4.78, 5) is 29.0. The van der Waals surface area contributed by atoms with Crippen LogP contribution in [0.4, 0.5) is 5.69 Å². The Hall–Kier alpha value is -2.17. The van der Waals surface area contributed by atoms with Gasteiger partial charge in [0.2, 0.25) is 0 Å². The predicted octanol–water partition coefficient (Wildman–Crippen LogP) is 3.12. The van der Waals surface area contributed by atoms with Gasteiger partial charge >= 0.3 is 5.97 Å². The molecule has 0 atom stereocenters. The summed E-state index contributed by atoms with van der Waals surface area (Å²) in [5.74, 6) is 0.563. The third-order valence-corrected chi connectivity index (χ3v) is 4.38. The van der Waals surface area contributed by atoms with Gasteiger partial charge in [0.1, 0.15) is 0 Å². The number of piperidine rings is 1. The molecule has 9 heteroatoms. The van der Waals surface area contributed by atoms with Crippen molar-refractivity contribution in [2.24, 2.45) is 10.9 Å². The number of guanidine groups is 1. The van der Waals surface area contributed by atoms with Crippen LogP contribution in [0.5, 0.6) is 0 Å². The number of likely N-dealkylation sites (tertiary alicyclic amines) is 1. The van der Waals surface area contributed by atoms with E-state index in [0.29, 0.717) is 32.8 Å². The van der Waals surface area contributed by atoms with Crippen LogP contribution in [0, 0.1) is 16.0 Å². The Bertz CT molecular complexity index is 686. The number of nitrogens with zero attached hydrogens (tertiary/aromatic N) is 3. The first-order valence-corrected chi connectivity index (χ1v) is 9.09. The summed E-state index contributed by atoms with van der Waals surface area (Å²) in [6, 6.07) is 6.37. The number of benzene rings is 1. The number of aliphatic imine (C=N–C) groups is 1. The third kappa shape index (κ3) is 7.10.